The van der Waals surface area contributed by atoms with Crippen molar-refractivity contribution in [3.8, 4) is 17.0 Å². The molecule has 1 aromatic carbocycles. The summed E-state index contributed by atoms with van der Waals surface area (Å²) in [6.45, 7) is 0. The fraction of sp³-hybridized carbons (Fsp3) is 0. The average Bonchev–Trinajstić information content (AvgIpc) is 2.19. The number of rotatable bonds is 1. The summed E-state index contributed by atoms with van der Waals surface area (Å²) in [5.74, 6) is 0.253. The molecule has 2 heteroatoms. The predicted molar refractivity (Wildman–Crippen MR) is 50.2 cm³/mol. The molecule has 2 aromatic rings. The number of hydrogen-bond donors (Lipinski definition) is 1. The van der Waals surface area contributed by atoms with Gasteiger partial charge in [0.15, 0.2) is 0 Å². The third kappa shape index (κ3) is 1.67. The Balaban J connectivity index is 2.48. The normalized spacial score (nSPS) is 9.85. The van der Waals surface area contributed by atoms with Crippen LogP contribution in [0.3, 0.4) is 0 Å². The van der Waals surface area contributed by atoms with Crippen LogP contribution >= 0.6 is 0 Å². The molecule has 0 atom stereocenters. The van der Waals surface area contributed by atoms with E-state index in [1.165, 1.54) is 0 Å². The van der Waals surface area contributed by atoms with Crippen molar-refractivity contribution in [2.75, 3.05) is 0 Å². The minimum absolute atomic E-state index is 0.253. The van der Waals surface area contributed by atoms with Crippen LogP contribution in [0.15, 0.2) is 42.6 Å². The number of phenolic OH excluding ortho intramolecular Hbond substituents is 1. The molecule has 0 fully saturated rings. The van der Waals surface area contributed by atoms with Gasteiger partial charge in [-0.3, -0.25) is 4.98 Å². The second kappa shape index (κ2) is 3.27. The predicted octanol–water partition coefficient (Wildman–Crippen LogP) is 2.25. The number of hydrogen-bond acceptors (Lipinski definition) is 2. The maximum absolute atomic E-state index is 9.24. The number of aromatic hydroxyl groups is 1. The number of aromatic nitrogens is 1. The van der Waals surface area contributed by atoms with Crippen LogP contribution in [0.25, 0.3) is 11.3 Å². The molecule has 13 heavy (non-hydrogen) atoms. The molecule has 0 unspecified atom stereocenters. The van der Waals surface area contributed by atoms with Crippen LogP contribution in [-0.2, 0) is 0 Å². The average molecular weight is 170 g/mol. The number of benzene rings is 1. The summed E-state index contributed by atoms with van der Waals surface area (Å²) in [6.07, 6.45) is 1.68. The highest BCUT2D eigenvalue weighted by atomic mass is 16.3. The summed E-state index contributed by atoms with van der Waals surface area (Å²) in [5, 5.41) is 9.24. The zero-order valence-electron chi connectivity index (χ0n) is 6.94. The smallest absolute Gasteiger partial charge is 0.116 e. The van der Waals surface area contributed by atoms with Crippen LogP contribution in [-0.4, -0.2) is 10.1 Å². The molecule has 0 saturated heterocycles. The Morgan fingerprint density at radius 2 is 2.23 bits per heavy atom. The summed E-state index contributed by atoms with van der Waals surface area (Å²) < 4.78 is 0. The van der Waals surface area contributed by atoms with Gasteiger partial charge < -0.3 is 5.11 Å². The molecule has 1 radical (unpaired) electrons. The zero-order chi connectivity index (χ0) is 9.10. The number of phenols is 1. The summed E-state index contributed by atoms with van der Waals surface area (Å²) in [4.78, 5) is 4.15. The van der Waals surface area contributed by atoms with Crippen molar-refractivity contribution in [1.29, 1.82) is 0 Å². The van der Waals surface area contributed by atoms with Gasteiger partial charge in [-0.2, -0.15) is 0 Å². The molecular weight excluding hydrogens is 162 g/mol. The standard InChI is InChI=1S/C11H8NO/c13-10-5-3-4-9(8-10)11-6-1-2-7-12-11/h2-8,13H. The van der Waals surface area contributed by atoms with Gasteiger partial charge in [0.2, 0.25) is 0 Å². The second-order valence-corrected chi connectivity index (χ2v) is 2.69. The van der Waals surface area contributed by atoms with Crippen molar-refractivity contribution in [2.45, 2.75) is 0 Å². The highest BCUT2D eigenvalue weighted by Crippen LogP contribution is 2.20. The van der Waals surface area contributed by atoms with E-state index >= 15 is 0 Å². The third-order valence-corrected chi connectivity index (χ3v) is 1.75. The van der Waals surface area contributed by atoms with E-state index in [1.54, 1.807) is 36.5 Å². The molecule has 2 rings (SSSR count). The van der Waals surface area contributed by atoms with Crippen LogP contribution in [0.4, 0.5) is 0 Å². The molecule has 0 saturated carbocycles. The quantitative estimate of drug-likeness (QED) is 0.712. The maximum Gasteiger partial charge on any atom is 0.116 e. The van der Waals surface area contributed by atoms with Gasteiger partial charge in [0.25, 0.3) is 0 Å². The highest BCUT2D eigenvalue weighted by Gasteiger charge is 1.97. The van der Waals surface area contributed by atoms with Crippen LogP contribution in [0.5, 0.6) is 5.75 Å². The first-order valence-corrected chi connectivity index (χ1v) is 3.98. The third-order valence-electron chi connectivity index (χ3n) is 1.75. The lowest BCUT2D eigenvalue weighted by Crippen LogP contribution is -1.80. The van der Waals surface area contributed by atoms with E-state index in [9.17, 15) is 5.11 Å². The molecular formula is C11H8NO. The molecule has 0 aliphatic heterocycles. The fourth-order valence-corrected chi connectivity index (χ4v) is 1.15. The van der Waals surface area contributed by atoms with E-state index in [0.717, 1.165) is 11.3 Å². The van der Waals surface area contributed by atoms with E-state index in [2.05, 4.69) is 11.1 Å². The molecule has 0 aliphatic carbocycles. The molecule has 0 spiro atoms. The summed E-state index contributed by atoms with van der Waals surface area (Å²) in [6, 6.07) is 13.5. The molecule has 1 heterocycles. The first-order chi connectivity index (χ1) is 6.36. The molecule has 63 valence electrons. The Hall–Kier alpha value is -1.83. The molecule has 0 amide bonds. The van der Waals surface area contributed by atoms with Gasteiger partial charge in [-0.1, -0.05) is 12.1 Å². The van der Waals surface area contributed by atoms with Crippen LogP contribution in [0, 0.1) is 6.07 Å². The van der Waals surface area contributed by atoms with Crippen molar-refractivity contribution in [2.24, 2.45) is 0 Å². The fourth-order valence-electron chi connectivity index (χ4n) is 1.15. The molecule has 2 nitrogen and oxygen atoms in total. The number of nitrogens with zero attached hydrogens (tertiary/aromatic N) is 1. The Morgan fingerprint density at radius 1 is 1.31 bits per heavy atom. The van der Waals surface area contributed by atoms with Crippen LogP contribution in [0.2, 0.25) is 0 Å². The van der Waals surface area contributed by atoms with Crippen LogP contribution < -0.4 is 0 Å². The number of pyridine rings is 1. The van der Waals surface area contributed by atoms with Gasteiger partial charge in [-0.15, -0.1) is 0 Å². The van der Waals surface area contributed by atoms with E-state index in [-0.39, 0.29) is 5.75 Å². The van der Waals surface area contributed by atoms with Crippen molar-refractivity contribution in [3.63, 3.8) is 0 Å². The first kappa shape index (κ1) is 7.80. The van der Waals surface area contributed by atoms with E-state index in [4.69, 9.17) is 0 Å². The minimum atomic E-state index is 0.253. The Labute approximate surface area is 76.5 Å². The summed E-state index contributed by atoms with van der Waals surface area (Å²) >= 11 is 0. The summed E-state index contributed by atoms with van der Waals surface area (Å²) in [5.41, 5.74) is 1.72. The molecule has 1 N–H and O–H groups in total. The lowest BCUT2D eigenvalue weighted by atomic mass is 10.1. The lowest BCUT2D eigenvalue weighted by molar-refractivity contribution is 0.475. The van der Waals surface area contributed by atoms with Crippen molar-refractivity contribution in [1.82, 2.24) is 4.98 Å². The van der Waals surface area contributed by atoms with Gasteiger partial charge in [0.1, 0.15) is 5.75 Å². The van der Waals surface area contributed by atoms with E-state index in [1.807, 2.05) is 6.07 Å². The molecule has 0 bridgehead atoms. The SMILES string of the molecule is Oc1cccc(-c2c[c]ccn2)c1. The maximum atomic E-state index is 9.24. The van der Waals surface area contributed by atoms with Crippen molar-refractivity contribution < 1.29 is 5.11 Å². The highest BCUT2D eigenvalue weighted by molar-refractivity contribution is 5.60. The Bertz CT molecular complexity index is 398. The monoisotopic (exact) mass is 170 g/mol. The largest absolute Gasteiger partial charge is 0.508 e. The first-order valence-electron chi connectivity index (χ1n) is 3.98. The zero-order valence-corrected chi connectivity index (χ0v) is 6.94. The minimum Gasteiger partial charge on any atom is -0.508 e. The van der Waals surface area contributed by atoms with Gasteiger partial charge in [0.05, 0.1) is 5.69 Å². The van der Waals surface area contributed by atoms with Gasteiger partial charge in [-0.05, 0) is 30.3 Å². The Morgan fingerprint density at radius 3 is 2.92 bits per heavy atom. The molecule has 0 aliphatic rings. The topological polar surface area (TPSA) is 33.1 Å². The van der Waals surface area contributed by atoms with Gasteiger partial charge in [0, 0.05) is 11.8 Å². The van der Waals surface area contributed by atoms with Crippen molar-refractivity contribution >= 4 is 0 Å². The van der Waals surface area contributed by atoms with Crippen LogP contribution in [0.1, 0.15) is 0 Å². The molecule has 1 aromatic heterocycles. The Kier molecular flexibility index (Phi) is 1.96. The van der Waals surface area contributed by atoms with Gasteiger partial charge >= 0.3 is 0 Å². The van der Waals surface area contributed by atoms with Gasteiger partial charge in [-0.25, -0.2) is 0 Å². The summed E-state index contributed by atoms with van der Waals surface area (Å²) in [7, 11) is 0. The lowest BCUT2D eigenvalue weighted by Gasteiger charge is -1.99. The van der Waals surface area contributed by atoms with E-state index < -0.39 is 0 Å². The van der Waals surface area contributed by atoms with E-state index in [0.29, 0.717) is 0 Å². The van der Waals surface area contributed by atoms with Crippen molar-refractivity contribution in [3.05, 3.63) is 48.7 Å². The second-order valence-electron chi connectivity index (χ2n) is 2.69.